The second-order valence-electron chi connectivity index (χ2n) is 2.18. The van der Waals surface area contributed by atoms with Crippen LogP contribution < -0.4 is 0 Å². The number of rotatable bonds is 4. The molecule has 0 spiro atoms. The van der Waals surface area contributed by atoms with E-state index in [0.29, 0.717) is 6.42 Å². The Kier molecular flexibility index (Phi) is 4.83. The van der Waals surface area contributed by atoms with Gasteiger partial charge >= 0.3 is 5.97 Å². The normalized spacial score (nSPS) is 10.7. The number of nitriles is 1. The van der Waals surface area contributed by atoms with Crippen LogP contribution in [0.4, 0.5) is 0 Å². The largest absolute Gasteiger partial charge is 0.477 e. The lowest BCUT2D eigenvalue weighted by Crippen LogP contribution is -1.97. The lowest BCUT2D eigenvalue weighted by Gasteiger charge is -1.89. The molecule has 0 radical (unpaired) electrons. The Balaban J connectivity index is 3.95. The second kappa shape index (κ2) is 5.48. The molecule has 0 saturated heterocycles. The molecule has 1 N–H and O–H groups in total. The topological polar surface area (TPSA) is 61.1 Å². The minimum absolute atomic E-state index is 0.154. The van der Waals surface area contributed by atoms with Crippen molar-refractivity contribution in [1.82, 2.24) is 0 Å². The van der Waals surface area contributed by atoms with Gasteiger partial charge in [-0.2, -0.15) is 5.26 Å². The summed E-state index contributed by atoms with van der Waals surface area (Å²) in [5.74, 6) is -1.14. The van der Waals surface area contributed by atoms with E-state index in [1.807, 2.05) is 6.92 Å². The zero-order valence-electron chi connectivity index (χ0n) is 6.50. The van der Waals surface area contributed by atoms with Gasteiger partial charge in [0.2, 0.25) is 0 Å². The van der Waals surface area contributed by atoms with E-state index >= 15 is 0 Å². The van der Waals surface area contributed by atoms with Crippen LogP contribution >= 0.6 is 0 Å². The highest BCUT2D eigenvalue weighted by molar-refractivity contribution is 5.90. The summed E-state index contributed by atoms with van der Waals surface area (Å²) in [6, 6.07) is 1.62. The van der Waals surface area contributed by atoms with Gasteiger partial charge in [0.1, 0.15) is 11.6 Å². The summed E-state index contributed by atoms with van der Waals surface area (Å²) < 4.78 is 0. The van der Waals surface area contributed by atoms with Crippen molar-refractivity contribution < 1.29 is 9.90 Å². The summed E-state index contributed by atoms with van der Waals surface area (Å²) in [6.45, 7) is 2.01. The van der Waals surface area contributed by atoms with Crippen molar-refractivity contribution in [2.75, 3.05) is 0 Å². The molecule has 0 rings (SSSR count). The van der Waals surface area contributed by atoms with Crippen molar-refractivity contribution in [3.63, 3.8) is 0 Å². The zero-order valence-corrected chi connectivity index (χ0v) is 6.50. The minimum atomic E-state index is -1.14. The van der Waals surface area contributed by atoms with Crippen LogP contribution in [0.25, 0.3) is 0 Å². The third-order valence-corrected chi connectivity index (χ3v) is 1.26. The van der Waals surface area contributed by atoms with Gasteiger partial charge in [0.25, 0.3) is 0 Å². The summed E-state index contributed by atoms with van der Waals surface area (Å²) in [6.07, 6.45) is 4.07. The van der Waals surface area contributed by atoms with Gasteiger partial charge < -0.3 is 5.11 Å². The van der Waals surface area contributed by atoms with Crippen LogP contribution in [0.5, 0.6) is 0 Å². The molecule has 0 aromatic carbocycles. The van der Waals surface area contributed by atoms with Crippen LogP contribution in [0.3, 0.4) is 0 Å². The summed E-state index contributed by atoms with van der Waals surface area (Å²) in [4.78, 5) is 10.2. The Hall–Kier alpha value is -1.30. The maximum absolute atomic E-state index is 10.2. The third-order valence-electron chi connectivity index (χ3n) is 1.26. The smallest absolute Gasteiger partial charge is 0.346 e. The van der Waals surface area contributed by atoms with Crippen molar-refractivity contribution in [2.45, 2.75) is 26.2 Å². The van der Waals surface area contributed by atoms with E-state index in [1.165, 1.54) is 6.08 Å². The lowest BCUT2D eigenvalue weighted by molar-refractivity contribution is -0.132. The average Bonchev–Trinajstić information content (AvgIpc) is 1.97. The van der Waals surface area contributed by atoms with Crippen molar-refractivity contribution >= 4 is 5.97 Å². The van der Waals surface area contributed by atoms with Gasteiger partial charge in [0, 0.05) is 0 Å². The molecule has 0 fully saturated rings. The fourth-order valence-corrected chi connectivity index (χ4v) is 0.631. The van der Waals surface area contributed by atoms with Crippen LogP contribution in [-0.4, -0.2) is 11.1 Å². The first-order chi connectivity index (χ1) is 5.22. The van der Waals surface area contributed by atoms with E-state index in [4.69, 9.17) is 10.4 Å². The number of allylic oxidation sites excluding steroid dienone is 1. The molecule has 0 atom stereocenters. The highest BCUT2D eigenvalue weighted by atomic mass is 16.4. The molecule has 0 saturated carbocycles. The van der Waals surface area contributed by atoms with Gasteiger partial charge in [-0.15, -0.1) is 0 Å². The summed E-state index contributed by atoms with van der Waals surface area (Å²) >= 11 is 0. The number of hydrogen-bond donors (Lipinski definition) is 1. The van der Waals surface area contributed by atoms with Crippen molar-refractivity contribution in [3.8, 4) is 6.07 Å². The first-order valence-electron chi connectivity index (χ1n) is 3.56. The number of aliphatic carboxylic acids is 1. The summed E-state index contributed by atoms with van der Waals surface area (Å²) in [5, 5.41) is 16.7. The maximum atomic E-state index is 10.2. The SMILES string of the molecule is CCCC/C=C(/C#N)C(=O)O. The summed E-state index contributed by atoms with van der Waals surface area (Å²) in [5.41, 5.74) is -0.154. The van der Waals surface area contributed by atoms with Crippen LogP contribution in [0.15, 0.2) is 11.6 Å². The van der Waals surface area contributed by atoms with Gasteiger partial charge in [0.05, 0.1) is 0 Å². The fraction of sp³-hybridized carbons (Fsp3) is 0.500. The summed E-state index contributed by atoms with van der Waals surface area (Å²) in [7, 11) is 0. The number of hydrogen-bond acceptors (Lipinski definition) is 2. The predicted octanol–water partition coefficient (Wildman–Crippen LogP) is 1.71. The fourth-order valence-electron chi connectivity index (χ4n) is 0.631. The number of unbranched alkanes of at least 4 members (excludes halogenated alkanes) is 2. The van der Waals surface area contributed by atoms with E-state index in [0.717, 1.165) is 12.8 Å². The first-order valence-corrected chi connectivity index (χ1v) is 3.56. The van der Waals surface area contributed by atoms with Crippen LogP contribution in [0, 0.1) is 11.3 Å². The molecule has 0 heterocycles. The Morgan fingerprint density at radius 3 is 2.73 bits per heavy atom. The quantitative estimate of drug-likeness (QED) is 0.380. The van der Waals surface area contributed by atoms with E-state index < -0.39 is 5.97 Å². The zero-order chi connectivity index (χ0) is 8.69. The van der Waals surface area contributed by atoms with Crippen molar-refractivity contribution in [1.29, 1.82) is 5.26 Å². The molecule has 0 unspecified atom stereocenters. The highest BCUT2D eigenvalue weighted by Crippen LogP contribution is 2.00. The standard InChI is InChI=1S/C8H11NO2/c1-2-3-4-5-7(6-9)8(10)11/h5H,2-4H2,1H3,(H,10,11)/b7-5-. The van der Waals surface area contributed by atoms with Gasteiger partial charge in [-0.3, -0.25) is 0 Å². The van der Waals surface area contributed by atoms with Crippen LogP contribution in [0.2, 0.25) is 0 Å². The Bertz CT molecular complexity index is 201. The molecule has 0 amide bonds. The molecular formula is C8H11NO2. The first kappa shape index (κ1) is 9.70. The van der Waals surface area contributed by atoms with Gasteiger partial charge in [-0.25, -0.2) is 4.79 Å². The Labute approximate surface area is 66.0 Å². The van der Waals surface area contributed by atoms with Crippen LogP contribution in [-0.2, 0) is 4.79 Å². The van der Waals surface area contributed by atoms with E-state index in [1.54, 1.807) is 6.07 Å². The highest BCUT2D eigenvalue weighted by Gasteiger charge is 2.02. The number of carboxylic acid groups (broad SMARTS) is 1. The number of nitrogens with zero attached hydrogens (tertiary/aromatic N) is 1. The number of carbonyl (C=O) groups is 1. The maximum Gasteiger partial charge on any atom is 0.346 e. The molecule has 0 bridgehead atoms. The number of carboxylic acids is 1. The van der Waals surface area contributed by atoms with E-state index in [-0.39, 0.29) is 5.57 Å². The van der Waals surface area contributed by atoms with E-state index in [2.05, 4.69) is 0 Å². The van der Waals surface area contributed by atoms with Gasteiger partial charge in [0.15, 0.2) is 0 Å². The third kappa shape index (κ3) is 4.15. The lowest BCUT2D eigenvalue weighted by atomic mass is 10.2. The molecule has 3 heteroatoms. The minimum Gasteiger partial charge on any atom is -0.477 e. The molecule has 0 aromatic rings. The van der Waals surface area contributed by atoms with Crippen LogP contribution in [0.1, 0.15) is 26.2 Å². The van der Waals surface area contributed by atoms with Gasteiger partial charge in [-0.1, -0.05) is 25.8 Å². The molecule has 0 aliphatic rings. The Morgan fingerprint density at radius 1 is 1.73 bits per heavy atom. The molecule has 0 aliphatic heterocycles. The monoisotopic (exact) mass is 153 g/mol. The van der Waals surface area contributed by atoms with Gasteiger partial charge in [-0.05, 0) is 6.42 Å². The average molecular weight is 153 g/mol. The predicted molar refractivity (Wildman–Crippen MR) is 40.9 cm³/mol. The Morgan fingerprint density at radius 2 is 2.36 bits per heavy atom. The van der Waals surface area contributed by atoms with Crippen molar-refractivity contribution in [3.05, 3.63) is 11.6 Å². The van der Waals surface area contributed by atoms with Crippen molar-refractivity contribution in [2.24, 2.45) is 0 Å². The molecule has 3 nitrogen and oxygen atoms in total. The van der Waals surface area contributed by atoms with E-state index in [9.17, 15) is 4.79 Å². The molecule has 11 heavy (non-hydrogen) atoms. The molecular weight excluding hydrogens is 142 g/mol. The second-order valence-corrected chi connectivity index (χ2v) is 2.18. The molecule has 60 valence electrons. The molecule has 0 aromatic heterocycles. The molecule has 0 aliphatic carbocycles.